The smallest absolute Gasteiger partial charge is 0.254 e. The zero-order valence-corrected chi connectivity index (χ0v) is 16.9. The molecular weight excluding hydrogens is 358 g/mol. The first-order chi connectivity index (χ1) is 13.4. The van der Waals surface area contributed by atoms with Crippen molar-refractivity contribution in [1.82, 2.24) is 24.6 Å². The van der Waals surface area contributed by atoms with Crippen LogP contribution in [0.2, 0.25) is 0 Å². The third-order valence-corrected chi connectivity index (χ3v) is 4.81. The predicted octanol–water partition coefficient (Wildman–Crippen LogP) is 2.48. The van der Waals surface area contributed by atoms with E-state index in [-0.39, 0.29) is 18.4 Å². The molecule has 3 heterocycles. The number of furan rings is 1. The quantitative estimate of drug-likeness (QED) is 0.653. The van der Waals surface area contributed by atoms with Gasteiger partial charge in [0.1, 0.15) is 5.69 Å². The SMILES string of the molecule is CCN(CC)C(=O)CN(C)C(=O)c1cc(-c2ccco2)nc2c1c(C)nn2C. The zero-order valence-electron chi connectivity index (χ0n) is 16.9. The lowest BCUT2D eigenvalue weighted by Gasteiger charge is -2.23. The van der Waals surface area contributed by atoms with Crippen LogP contribution in [0.1, 0.15) is 29.9 Å². The highest BCUT2D eigenvalue weighted by atomic mass is 16.3. The largest absolute Gasteiger partial charge is 0.463 e. The van der Waals surface area contributed by atoms with Gasteiger partial charge in [0.25, 0.3) is 5.91 Å². The van der Waals surface area contributed by atoms with E-state index in [0.29, 0.717) is 46.8 Å². The van der Waals surface area contributed by atoms with Gasteiger partial charge >= 0.3 is 0 Å². The van der Waals surface area contributed by atoms with Crippen LogP contribution in [-0.2, 0) is 11.8 Å². The molecule has 0 saturated heterocycles. The molecule has 0 spiro atoms. The van der Waals surface area contributed by atoms with E-state index in [9.17, 15) is 9.59 Å². The molecule has 8 heteroatoms. The van der Waals surface area contributed by atoms with Crippen LogP contribution >= 0.6 is 0 Å². The van der Waals surface area contributed by atoms with Gasteiger partial charge in [-0.2, -0.15) is 5.10 Å². The van der Waals surface area contributed by atoms with Crippen LogP contribution in [0, 0.1) is 6.92 Å². The topological polar surface area (TPSA) is 84.5 Å². The molecule has 0 bridgehead atoms. The molecule has 0 atom stereocenters. The molecule has 0 aliphatic carbocycles. The van der Waals surface area contributed by atoms with Gasteiger partial charge in [0.05, 0.1) is 29.5 Å². The number of likely N-dealkylation sites (N-methyl/N-ethyl adjacent to an activating group) is 2. The highest BCUT2D eigenvalue weighted by molar-refractivity contribution is 6.08. The van der Waals surface area contributed by atoms with Gasteiger partial charge in [0.2, 0.25) is 5.91 Å². The molecule has 0 fully saturated rings. The molecule has 3 aromatic rings. The summed E-state index contributed by atoms with van der Waals surface area (Å²) in [6.45, 7) is 6.92. The summed E-state index contributed by atoms with van der Waals surface area (Å²) in [5.74, 6) is 0.230. The summed E-state index contributed by atoms with van der Waals surface area (Å²) >= 11 is 0. The fourth-order valence-corrected chi connectivity index (χ4v) is 3.32. The molecule has 8 nitrogen and oxygen atoms in total. The van der Waals surface area contributed by atoms with Gasteiger partial charge in [0.15, 0.2) is 11.4 Å². The first kappa shape index (κ1) is 19.6. The van der Waals surface area contributed by atoms with Crippen molar-refractivity contribution in [3.8, 4) is 11.5 Å². The summed E-state index contributed by atoms with van der Waals surface area (Å²) in [7, 11) is 3.42. The van der Waals surface area contributed by atoms with E-state index in [1.54, 1.807) is 48.1 Å². The van der Waals surface area contributed by atoms with Crippen LogP contribution in [0.5, 0.6) is 0 Å². The van der Waals surface area contributed by atoms with E-state index >= 15 is 0 Å². The van der Waals surface area contributed by atoms with Crippen LogP contribution in [0.3, 0.4) is 0 Å². The maximum atomic E-state index is 13.2. The van der Waals surface area contributed by atoms with E-state index in [4.69, 9.17) is 4.42 Å². The van der Waals surface area contributed by atoms with E-state index in [1.165, 1.54) is 4.90 Å². The molecule has 0 radical (unpaired) electrons. The number of fused-ring (bicyclic) bond motifs is 1. The Kier molecular flexibility index (Phi) is 5.48. The van der Waals surface area contributed by atoms with Gasteiger partial charge in [0, 0.05) is 27.2 Å². The Hall–Kier alpha value is -3.16. The van der Waals surface area contributed by atoms with Crippen molar-refractivity contribution in [3.63, 3.8) is 0 Å². The van der Waals surface area contributed by atoms with E-state index in [0.717, 1.165) is 0 Å². The number of hydrogen-bond donors (Lipinski definition) is 0. The Bertz CT molecular complexity index is 1000. The molecule has 0 saturated carbocycles. The Morgan fingerprint density at radius 2 is 1.96 bits per heavy atom. The van der Waals surface area contributed by atoms with Crippen LogP contribution in [0.4, 0.5) is 0 Å². The molecule has 0 N–H and O–H groups in total. The van der Waals surface area contributed by atoms with Crippen molar-refractivity contribution in [2.24, 2.45) is 7.05 Å². The summed E-state index contributed by atoms with van der Waals surface area (Å²) in [4.78, 5) is 33.4. The van der Waals surface area contributed by atoms with Crippen molar-refractivity contribution in [1.29, 1.82) is 0 Å². The minimum absolute atomic E-state index is 0.0136. The Labute approximate surface area is 163 Å². The fourth-order valence-electron chi connectivity index (χ4n) is 3.32. The monoisotopic (exact) mass is 383 g/mol. The maximum Gasteiger partial charge on any atom is 0.254 e. The van der Waals surface area contributed by atoms with Crippen LogP contribution in [0.15, 0.2) is 28.9 Å². The normalized spacial score (nSPS) is 11.0. The second-order valence-electron chi connectivity index (χ2n) is 6.67. The van der Waals surface area contributed by atoms with Gasteiger partial charge in [-0.15, -0.1) is 0 Å². The molecule has 3 rings (SSSR count). The number of nitrogens with zero attached hydrogens (tertiary/aromatic N) is 5. The minimum atomic E-state index is -0.253. The third kappa shape index (κ3) is 3.49. The molecule has 0 aliphatic heterocycles. The lowest BCUT2D eigenvalue weighted by molar-refractivity contribution is -0.131. The van der Waals surface area contributed by atoms with Gasteiger partial charge in [-0.1, -0.05) is 0 Å². The van der Waals surface area contributed by atoms with E-state index < -0.39 is 0 Å². The summed E-state index contributed by atoms with van der Waals surface area (Å²) in [6, 6.07) is 5.27. The average Bonchev–Trinajstić information content (AvgIpc) is 3.30. The first-order valence-electron chi connectivity index (χ1n) is 9.28. The van der Waals surface area contributed by atoms with Crippen molar-refractivity contribution < 1.29 is 14.0 Å². The molecule has 0 unspecified atom stereocenters. The van der Waals surface area contributed by atoms with Gasteiger partial charge in [-0.25, -0.2) is 4.98 Å². The van der Waals surface area contributed by atoms with Crippen molar-refractivity contribution >= 4 is 22.8 Å². The molecule has 2 amide bonds. The maximum absolute atomic E-state index is 13.2. The standard InChI is InChI=1S/C20H25N5O3/c1-6-25(7-2)17(26)12-23(4)20(27)14-11-15(16-9-8-10-28-16)21-19-18(14)13(3)22-24(19)5/h8-11H,6-7,12H2,1-5H3. The Morgan fingerprint density at radius 3 is 2.57 bits per heavy atom. The highest BCUT2D eigenvalue weighted by Crippen LogP contribution is 2.27. The lowest BCUT2D eigenvalue weighted by atomic mass is 10.1. The van der Waals surface area contributed by atoms with Crippen molar-refractivity contribution in [2.75, 3.05) is 26.7 Å². The van der Waals surface area contributed by atoms with Crippen molar-refractivity contribution in [3.05, 3.63) is 35.7 Å². The number of carbonyl (C=O) groups excluding carboxylic acids is 2. The summed E-state index contributed by atoms with van der Waals surface area (Å²) in [5, 5.41) is 5.09. The number of aromatic nitrogens is 3. The molecule has 148 valence electrons. The number of rotatable bonds is 6. The molecule has 3 aromatic heterocycles. The highest BCUT2D eigenvalue weighted by Gasteiger charge is 2.24. The summed E-state index contributed by atoms with van der Waals surface area (Å²) < 4.78 is 7.11. The fraction of sp³-hybridized carbons (Fsp3) is 0.400. The van der Waals surface area contributed by atoms with E-state index in [1.807, 2.05) is 20.8 Å². The summed E-state index contributed by atoms with van der Waals surface area (Å²) in [5.41, 5.74) is 2.31. The minimum Gasteiger partial charge on any atom is -0.463 e. The zero-order chi connectivity index (χ0) is 20.4. The third-order valence-electron chi connectivity index (χ3n) is 4.81. The van der Waals surface area contributed by atoms with Crippen LogP contribution < -0.4 is 0 Å². The number of amides is 2. The first-order valence-corrected chi connectivity index (χ1v) is 9.28. The number of aryl methyl sites for hydroxylation is 2. The Balaban J connectivity index is 2.03. The van der Waals surface area contributed by atoms with Crippen LogP contribution in [0.25, 0.3) is 22.5 Å². The summed E-state index contributed by atoms with van der Waals surface area (Å²) in [6.07, 6.45) is 1.56. The average molecular weight is 383 g/mol. The van der Waals surface area contributed by atoms with Crippen molar-refractivity contribution in [2.45, 2.75) is 20.8 Å². The molecular formula is C20H25N5O3. The molecule has 28 heavy (non-hydrogen) atoms. The van der Waals surface area contributed by atoms with E-state index in [2.05, 4.69) is 10.1 Å². The molecule has 0 aliphatic rings. The van der Waals surface area contributed by atoms with Gasteiger partial charge < -0.3 is 14.2 Å². The second-order valence-corrected chi connectivity index (χ2v) is 6.67. The number of carbonyl (C=O) groups is 2. The lowest BCUT2D eigenvalue weighted by Crippen LogP contribution is -2.41. The number of pyridine rings is 1. The predicted molar refractivity (Wildman–Crippen MR) is 106 cm³/mol. The van der Waals surface area contributed by atoms with Gasteiger partial charge in [-0.05, 0) is 39.0 Å². The van der Waals surface area contributed by atoms with Crippen LogP contribution in [-0.4, -0.2) is 63.1 Å². The molecule has 0 aromatic carbocycles. The number of hydrogen-bond acceptors (Lipinski definition) is 5. The Morgan fingerprint density at radius 1 is 1.25 bits per heavy atom. The van der Waals surface area contributed by atoms with Gasteiger partial charge in [-0.3, -0.25) is 14.3 Å². The second kappa shape index (κ2) is 7.84.